The monoisotopic (exact) mass is 524 g/mol. The first kappa shape index (κ1) is 21.9. The number of nitrogens with two attached hydrogens (primary N) is 1. The molecular formula is C17H22FIN4O2S2. The number of benzene rings is 1. The molecule has 0 bridgehead atoms. The van der Waals surface area contributed by atoms with Gasteiger partial charge in [0.15, 0.2) is 15.8 Å². The van der Waals surface area contributed by atoms with Gasteiger partial charge in [0.2, 0.25) is 0 Å². The van der Waals surface area contributed by atoms with E-state index >= 15 is 0 Å². The van der Waals surface area contributed by atoms with Gasteiger partial charge in [-0.2, -0.15) is 0 Å². The normalized spacial score (nSPS) is 15.6. The molecule has 0 spiro atoms. The fraction of sp³-hybridized carbons (Fsp3) is 0.353. The van der Waals surface area contributed by atoms with Crippen LogP contribution in [0.5, 0.6) is 0 Å². The van der Waals surface area contributed by atoms with Crippen molar-refractivity contribution in [1.29, 1.82) is 0 Å². The van der Waals surface area contributed by atoms with Crippen molar-refractivity contribution in [2.45, 2.75) is 10.8 Å². The van der Waals surface area contributed by atoms with Gasteiger partial charge in [-0.3, -0.25) is 0 Å². The van der Waals surface area contributed by atoms with Crippen molar-refractivity contribution in [3.05, 3.63) is 47.1 Å². The highest BCUT2D eigenvalue weighted by Crippen LogP contribution is 2.22. The third-order valence-electron chi connectivity index (χ3n) is 4.19. The lowest BCUT2D eigenvalue weighted by molar-refractivity contribution is 0.380. The molecule has 0 unspecified atom stereocenters. The maximum absolute atomic E-state index is 13.0. The molecule has 1 aromatic heterocycles. The maximum atomic E-state index is 13.0. The Balaban J connectivity index is 0.00000261. The standard InChI is InChI=1S/C17H21FN4O2S2.HI/c1-26(23,24)16-7-6-15(25-16)12-20-17(19)22-10-8-21(9-11-22)14-4-2-13(18)3-5-14;/h2-7H,8-12H2,1H3,(H2,19,20);1H. The summed E-state index contributed by atoms with van der Waals surface area (Å²) in [4.78, 5) is 9.44. The molecule has 1 saturated heterocycles. The highest BCUT2D eigenvalue weighted by Gasteiger charge is 2.18. The van der Waals surface area contributed by atoms with Crippen LogP contribution in [-0.4, -0.2) is 51.7 Å². The van der Waals surface area contributed by atoms with E-state index in [-0.39, 0.29) is 29.8 Å². The first-order chi connectivity index (χ1) is 12.3. The number of guanidine groups is 1. The fourth-order valence-corrected chi connectivity index (χ4v) is 4.65. The first-order valence-electron chi connectivity index (χ1n) is 8.17. The van der Waals surface area contributed by atoms with Gasteiger partial charge in [0, 0.05) is 43.0 Å². The Hall–Kier alpha value is -1.40. The molecule has 1 aliphatic heterocycles. The van der Waals surface area contributed by atoms with Crippen molar-refractivity contribution in [1.82, 2.24) is 4.90 Å². The molecule has 3 rings (SSSR count). The molecule has 2 heterocycles. The minimum atomic E-state index is -3.18. The zero-order valence-electron chi connectivity index (χ0n) is 14.8. The number of nitrogens with zero attached hydrogens (tertiary/aromatic N) is 3. The molecule has 10 heteroatoms. The summed E-state index contributed by atoms with van der Waals surface area (Å²) in [5.74, 6) is 0.217. The van der Waals surface area contributed by atoms with E-state index in [0.717, 1.165) is 36.7 Å². The number of hydrogen-bond acceptors (Lipinski definition) is 5. The van der Waals surface area contributed by atoms with E-state index in [1.54, 1.807) is 24.3 Å². The van der Waals surface area contributed by atoms with Crippen LogP contribution < -0.4 is 10.6 Å². The van der Waals surface area contributed by atoms with Crippen LogP contribution in [0.2, 0.25) is 0 Å². The lowest BCUT2D eigenvalue weighted by Gasteiger charge is -2.36. The van der Waals surface area contributed by atoms with Gasteiger partial charge >= 0.3 is 0 Å². The van der Waals surface area contributed by atoms with E-state index in [2.05, 4.69) is 9.89 Å². The molecule has 2 N–H and O–H groups in total. The van der Waals surface area contributed by atoms with Gasteiger partial charge in [0.05, 0.1) is 6.54 Å². The van der Waals surface area contributed by atoms with Gasteiger partial charge in [-0.1, -0.05) is 0 Å². The maximum Gasteiger partial charge on any atom is 0.191 e. The molecule has 2 aromatic rings. The molecule has 1 aromatic carbocycles. The van der Waals surface area contributed by atoms with E-state index in [4.69, 9.17) is 5.73 Å². The van der Waals surface area contributed by atoms with Crippen LogP contribution in [0.4, 0.5) is 10.1 Å². The topological polar surface area (TPSA) is 79.0 Å². The summed E-state index contributed by atoms with van der Waals surface area (Å²) in [5, 5.41) is 0. The minimum absolute atomic E-state index is 0. The number of hydrogen-bond donors (Lipinski definition) is 1. The molecule has 148 valence electrons. The smallest absolute Gasteiger partial charge is 0.191 e. The molecule has 1 fully saturated rings. The predicted molar refractivity (Wildman–Crippen MR) is 118 cm³/mol. The summed E-state index contributed by atoms with van der Waals surface area (Å²) < 4.78 is 36.4. The predicted octanol–water partition coefficient (Wildman–Crippen LogP) is 2.55. The van der Waals surface area contributed by atoms with E-state index < -0.39 is 9.84 Å². The van der Waals surface area contributed by atoms with E-state index in [1.807, 2.05) is 4.90 Å². The Labute approximate surface area is 179 Å². The zero-order chi connectivity index (χ0) is 18.7. The number of halogens is 2. The van der Waals surface area contributed by atoms with Crippen LogP contribution >= 0.6 is 35.3 Å². The highest BCUT2D eigenvalue weighted by molar-refractivity contribution is 14.0. The molecule has 0 amide bonds. The van der Waals surface area contributed by atoms with Crippen molar-refractivity contribution < 1.29 is 12.8 Å². The van der Waals surface area contributed by atoms with Crippen LogP contribution in [0.15, 0.2) is 45.6 Å². The van der Waals surface area contributed by atoms with Crippen LogP contribution in [0, 0.1) is 5.82 Å². The molecular weight excluding hydrogens is 502 g/mol. The summed E-state index contributed by atoms with van der Waals surface area (Å²) >= 11 is 1.22. The molecule has 27 heavy (non-hydrogen) atoms. The average molecular weight is 524 g/mol. The molecule has 1 aliphatic rings. The molecule has 0 atom stereocenters. The summed E-state index contributed by atoms with van der Waals surface area (Å²) in [6, 6.07) is 9.84. The Bertz CT molecular complexity index is 892. The summed E-state index contributed by atoms with van der Waals surface area (Å²) in [6.07, 6.45) is 1.20. The number of anilines is 1. The zero-order valence-corrected chi connectivity index (χ0v) is 18.8. The number of thiophene rings is 1. The quantitative estimate of drug-likeness (QED) is 0.378. The summed E-state index contributed by atoms with van der Waals surface area (Å²) in [6.45, 7) is 3.37. The lowest BCUT2D eigenvalue weighted by atomic mass is 10.2. The van der Waals surface area contributed by atoms with Crippen LogP contribution in [0.3, 0.4) is 0 Å². The van der Waals surface area contributed by atoms with Crippen LogP contribution in [-0.2, 0) is 16.4 Å². The van der Waals surface area contributed by atoms with Gasteiger partial charge in [-0.05, 0) is 36.4 Å². The van der Waals surface area contributed by atoms with Gasteiger partial charge in [-0.15, -0.1) is 35.3 Å². The second-order valence-electron chi connectivity index (χ2n) is 6.12. The van der Waals surface area contributed by atoms with Gasteiger partial charge in [0.25, 0.3) is 0 Å². The fourth-order valence-electron chi connectivity index (χ4n) is 2.75. The molecule has 0 radical (unpaired) electrons. The Morgan fingerprint density at radius 1 is 1.15 bits per heavy atom. The average Bonchev–Trinajstić information content (AvgIpc) is 3.10. The van der Waals surface area contributed by atoms with Gasteiger partial charge < -0.3 is 15.5 Å². The number of aliphatic imine (C=N–C) groups is 1. The Morgan fingerprint density at radius 3 is 2.33 bits per heavy atom. The SMILES string of the molecule is CS(=O)(=O)c1ccc(CN=C(N)N2CCN(c3ccc(F)cc3)CC2)s1.I. The largest absolute Gasteiger partial charge is 0.370 e. The van der Waals surface area contributed by atoms with Crippen LogP contribution in [0.25, 0.3) is 0 Å². The number of piperazine rings is 1. The highest BCUT2D eigenvalue weighted by atomic mass is 127. The number of rotatable bonds is 4. The Morgan fingerprint density at radius 2 is 1.78 bits per heavy atom. The van der Waals surface area contributed by atoms with E-state index in [1.165, 1.54) is 29.7 Å². The number of sulfone groups is 1. The second kappa shape index (κ2) is 9.20. The Kier molecular flexibility index (Phi) is 7.46. The lowest BCUT2D eigenvalue weighted by Crippen LogP contribution is -2.51. The van der Waals surface area contributed by atoms with E-state index in [9.17, 15) is 12.8 Å². The molecule has 0 aliphatic carbocycles. The molecule has 6 nitrogen and oxygen atoms in total. The first-order valence-corrected chi connectivity index (χ1v) is 10.9. The van der Waals surface area contributed by atoms with Gasteiger partial charge in [-0.25, -0.2) is 17.8 Å². The van der Waals surface area contributed by atoms with Gasteiger partial charge in [0.1, 0.15) is 10.0 Å². The third-order valence-corrected chi connectivity index (χ3v) is 7.08. The van der Waals surface area contributed by atoms with Crippen molar-refractivity contribution in [3.63, 3.8) is 0 Å². The van der Waals surface area contributed by atoms with Crippen molar-refractivity contribution in [3.8, 4) is 0 Å². The minimum Gasteiger partial charge on any atom is -0.370 e. The van der Waals surface area contributed by atoms with Crippen LogP contribution in [0.1, 0.15) is 4.88 Å². The van der Waals surface area contributed by atoms with Crippen molar-refractivity contribution in [2.24, 2.45) is 10.7 Å². The van der Waals surface area contributed by atoms with E-state index in [0.29, 0.717) is 16.7 Å². The van der Waals surface area contributed by atoms with Crippen molar-refractivity contribution >= 4 is 56.8 Å². The summed E-state index contributed by atoms with van der Waals surface area (Å²) in [7, 11) is -3.18. The third kappa shape index (κ3) is 5.79. The molecule has 0 saturated carbocycles. The summed E-state index contributed by atoms with van der Waals surface area (Å²) in [5.41, 5.74) is 7.08. The van der Waals surface area contributed by atoms with Crippen molar-refractivity contribution in [2.75, 3.05) is 37.3 Å². The second-order valence-corrected chi connectivity index (χ2v) is 9.53.